The summed E-state index contributed by atoms with van der Waals surface area (Å²) in [6.07, 6.45) is 0. The van der Waals surface area contributed by atoms with Crippen LogP contribution in [0.5, 0.6) is 5.88 Å². The summed E-state index contributed by atoms with van der Waals surface area (Å²) in [6, 6.07) is 8.50. The number of methoxy groups -OCH3 is 1. The van der Waals surface area contributed by atoms with Crippen LogP contribution in [0.25, 0.3) is 0 Å². The van der Waals surface area contributed by atoms with E-state index in [0.29, 0.717) is 0 Å². The molecule has 0 saturated heterocycles. The molecule has 0 atom stereocenters. The van der Waals surface area contributed by atoms with E-state index >= 15 is 0 Å². The number of hydrogen-bond donors (Lipinski definition) is 0. The van der Waals surface area contributed by atoms with E-state index in [-0.39, 0.29) is 0 Å². The molecule has 22 heavy (non-hydrogen) atoms. The van der Waals surface area contributed by atoms with Gasteiger partial charge in [0.2, 0.25) is 5.88 Å². The molecule has 1 aromatic carbocycles. The summed E-state index contributed by atoms with van der Waals surface area (Å²) in [5.74, 6) is 0.838. The zero-order chi connectivity index (χ0) is 16.3. The molecule has 0 radical (unpaired) electrons. The number of anilines is 1. The van der Waals surface area contributed by atoms with Gasteiger partial charge >= 0.3 is 0 Å². The summed E-state index contributed by atoms with van der Waals surface area (Å²) >= 11 is 0. The normalized spacial score (nSPS) is 11.0. The minimum absolute atomic E-state index is 0.810. The number of aryl methyl sites for hydroxylation is 2. The average Bonchev–Trinajstić information content (AvgIpc) is 2.72. The Morgan fingerprint density at radius 3 is 2.45 bits per heavy atom. The second kappa shape index (κ2) is 6.83. The molecule has 2 rings (SSSR count). The molecule has 0 aliphatic rings. The van der Waals surface area contributed by atoms with Crippen molar-refractivity contribution in [2.75, 3.05) is 33.2 Å². The third-order valence-electron chi connectivity index (χ3n) is 3.82. The maximum absolute atomic E-state index is 5.48. The molecular weight excluding hydrogens is 276 g/mol. The van der Waals surface area contributed by atoms with E-state index in [9.17, 15) is 0 Å². The molecule has 0 aliphatic carbocycles. The van der Waals surface area contributed by atoms with Crippen LogP contribution in [0.4, 0.5) is 5.69 Å². The van der Waals surface area contributed by atoms with Crippen molar-refractivity contribution in [2.24, 2.45) is 7.05 Å². The van der Waals surface area contributed by atoms with Crippen LogP contribution in [0.3, 0.4) is 0 Å². The Hall–Kier alpha value is -2.01. The zero-order valence-electron chi connectivity index (χ0n) is 14.4. The lowest BCUT2D eigenvalue weighted by molar-refractivity contribution is 0.305. The van der Waals surface area contributed by atoms with Gasteiger partial charge < -0.3 is 9.64 Å². The third kappa shape index (κ3) is 3.42. The van der Waals surface area contributed by atoms with Crippen molar-refractivity contribution < 1.29 is 4.74 Å². The van der Waals surface area contributed by atoms with E-state index in [1.54, 1.807) is 11.8 Å². The number of benzene rings is 1. The van der Waals surface area contributed by atoms with Crippen LogP contribution >= 0.6 is 0 Å². The molecule has 0 amide bonds. The number of para-hydroxylation sites is 1. The maximum Gasteiger partial charge on any atom is 0.216 e. The van der Waals surface area contributed by atoms with Gasteiger partial charge in [0.1, 0.15) is 0 Å². The topological polar surface area (TPSA) is 33.5 Å². The maximum atomic E-state index is 5.48. The Morgan fingerprint density at radius 2 is 1.82 bits per heavy atom. The molecule has 1 aromatic heterocycles. The molecule has 2 aromatic rings. The van der Waals surface area contributed by atoms with Gasteiger partial charge in [-0.3, -0.25) is 4.90 Å². The molecule has 0 aliphatic heterocycles. The van der Waals surface area contributed by atoms with Gasteiger partial charge in [0.05, 0.1) is 18.4 Å². The number of hydrogen-bond acceptors (Lipinski definition) is 4. The van der Waals surface area contributed by atoms with Crippen molar-refractivity contribution in [3.05, 3.63) is 41.1 Å². The Balaban J connectivity index is 2.16. The van der Waals surface area contributed by atoms with Crippen molar-refractivity contribution in [3.63, 3.8) is 0 Å². The Bertz CT molecular complexity index is 634. The minimum Gasteiger partial charge on any atom is -0.481 e. The second-order valence-corrected chi connectivity index (χ2v) is 5.89. The highest BCUT2D eigenvalue weighted by Gasteiger charge is 2.16. The van der Waals surface area contributed by atoms with Crippen LogP contribution in [0.15, 0.2) is 24.3 Å². The van der Waals surface area contributed by atoms with Crippen LogP contribution in [0.1, 0.15) is 16.8 Å². The molecule has 0 bridgehead atoms. The summed E-state index contributed by atoms with van der Waals surface area (Å²) < 4.78 is 7.27. The first-order valence-corrected chi connectivity index (χ1v) is 7.44. The molecule has 120 valence electrons. The smallest absolute Gasteiger partial charge is 0.216 e. The van der Waals surface area contributed by atoms with Crippen LogP contribution in [0.2, 0.25) is 0 Å². The lowest BCUT2D eigenvalue weighted by Gasteiger charge is -2.22. The number of aromatic nitrogens is 2. The standard InChI is InChI=1S/C17H26N4O/c1-13-15(17(22-6)21(5)18-13)12-20(4)11-14-9-7-8-10-16(14)19(2)3/h7-10H,11-12H2,1-6H3. The van der Waals surface area contributed by atoms with Crippen molar-refractivity contribution in [3.8, 4) is 5.88 Å². The molecule has 0 saturated carbocycles. The minimum atomic E-state index is 0.810. The SMILES string of the molecule is COc1c(CN(C)Cc2ccccc2N(C)C)c(C)nn1C. The van der Waals surface area contributed by atoms with Gasteiger partial charge in [-0.1, -0.05) is 18.2 Å². The van der Waals surface area contributed by atoms with Gasteiger partial charge in [0, 0.05) is 39.9 Å². The van der Waals surface area contributed by atoms with E-state index < -0.39 is 0 Å². The highest BCUT2D eigenvalue weighted by molar-refractivity contribution is 5.52. The molecule has 5 heteroatoms. The van der Waals surface area contributed by atoms with Crippen LogP contribution < -0.4 is 9.64 Å². The van der Waals surface area contributed by atoms with Gasteiger partial charge in [0.25, 0.3) is 0 Å². The van der Waals surface area contributed by atoms with Gasteiger partial charge in [-0.05, 0) is 25.6 Å². The van der Waals surface area contributed by atoms with Crippen molar-refractivity contribution in [2.45, 2.75) is 20.0 Å². The van der Waals surface area contributed by atoms with Gasteiger partial charge in [-0.2, -0.15) is 5.10 Å². The van der Waals surface area contributed by atoms with Crippen molar-refractivity contribution >= 4 is 5.69 Å². The molecular formula is C17H26N4O. The lowest BCUT2D eigenvalue weighted by atomic mass is 10.1. The number of rotatable bonds is 6. The number of ether oxygens (including phenoxy) is 1. The van der Waals surface area contributed by atoms with E-state index in [0.717, 1.165) is 30.2 Å². The first kappa shape index (κ1) is 16.4. The average molecular weight is 302 g/mol. The highest BCUT2D eigenvalue weighted by Crippen LogP contribution is 2.24. The molecule has 0 spiro atoms. The summed E-state index contributed by atoms with van der Waals surface area (Å²) in [5.41, 5.74) is 4.74. The highest BCUT2D eigenvalue weighted by atomic mass is 16.5. The third-order valence-corrected chi connectivity index (χ3v) is 3.82. The van der Waals surface area contributed by atoms with E-state index in [1.807, 2.05) is 14.0 Å². The molecule has 1 heterocycles. The quantitative estimate of drug-likeness (QED) is 0.821. The van der Waals surface area contributed by atoms with Crippen LogP contribution in [-0.4, -0.2) is 42.9 Å². The second-order valence-electron chi connectivity index (χ2n) is 5.89. The van der Waals surface area contributed by atoms with Crippen LogP contribution in [0, 0.1) is 6.92 Å². The number of nitrogens with zero attached hydrogens (tertiary/aromatic N) is 4. The van der Waals surface area contributed by atoms with Crippen molar-refractivity contribution in [1.29, 1.82) is 0 Å². The summed E-state index contributed by atoms with van der Waals surface area (Å²) in [6.45, 7) is 3.72. The summed E-state index contributed by atoms with van der Waals surface area (Å²) in [7, 11) is 9.89. The largest absolute Gasteiger partial charge is 0.481 e. The molecule has 5 nitrogen and oxygen atoms in total. The first-order valence-electron chi connectivity index (χ1n) is 7.44. The lowest BCUT2D eigenvalue weighted by Crippen LogP contribution is -2.20. The van der Waals surface area contributed by atoms with Gasteiger partial charge in [0.15, 0.2) is 0 Å². The molecule has 0 unspecified atom stereocenters. The van der Waals surface area contributed by atoms with Gasteiger partial charge in [-0.15, -0.1) is 0 Å². The van der Waals surface area contributed by atoms with Gasteiger partial charge in [-0.25, -0.2) is 4.68 Å². The molecule has 0 fully saturated rings. The van der Waals surface area contributed by atoms with E-state index in [2.05, 4.69) is 60.3 Å². The summed E-state index contributed by atoms with van der Waals surface area (Å²) in [4.78, 5) is 4.44. The first-order chi connectivity index (χ1) is 10.4. The molecule has 0 N–H and O–H groups in total. The predicted molar refractivity (Wildman–Crippen MR) is 90.4 cm³/mol. The fourth-order valence-electron chi connectivity index (χ4n) is 2.82. The zero-order valence-corrected chi connectivity index (χ0v) is 14.4. The monoisotopic (exact) mass is 302 g/mol. The van der Waals surface area contributed by atoms with Crippen molar-refractivity contribution in [1.82, 2.24) is 14.7 Å². The fourth-order valence-corrected chi connectivity index (χ4v) is 2.82. The predicted octanol–water partition coefficient (Wildman–Crippen LogP) is 2.44. The fraction of sp³-hybridized carbons (Fsp3) is 0.471. The van der Waals surface area contributed by atoms with Crippen LogP contribution in [-0.2, 0) is 20.1 Å². The Kier molecular flexibility index (Phi) is 5.08. The summed E-state index contributed by atoms with van der Waals surface area (Å²) in [5, 5.41) is 4.44. The Labute approximate surface area is 133 Å². The van der Waals surface area contributed by atoms with E-state index in [1.165, 1.54) is 11.3 Å². The van der Waals surface area contributed by atoms with E-state index in [4.69, 9.17) is 4.74 Å². The Morgan fingerprint density at radius 1 is 1.14 bits per heavy atom.